The summed E-state index contributed by atoms with van der Waals surface area (Å²) in [4.78, 5) is 38.9. The molecule has 0 bridgehead atoms. The molecule has 0 radical (unpaired) electrons. The van der Waals surface area contributed by atoms with Crippen LogP contribution in [0, 0.1) is 0 Å². The summed E-state index contributed by atoms with van der Waals surface area (Å²) < 4.78 is 0. The molecule has 2 aromatic carbocycles. The predicted molar refractivity (Wildman–Crippen MR) is 113 cm³/mol. The van der Waals surface area contributed by atoms with Gasteiger partial charge < -0.3 is 5.32 Å². The molecule has 2 aliphatic rings. The minimum absolute atomic E-state index is 0.0490. The Bertz CT molecular complexity index is 911. The maximum Gasteiger partial charge on any atom is 0.325 e. The standard InChI is InChI=1S/C23H26N4O3/c28-20(13-16-26-21(29)23(24-22(26)30)14-7-8-15-23)25-27(19-11-5-2-6-12-19)17-18-9-3-1-4-10-18/h1-6,9-12H,7-8,13-17H2,(H,24,30)(H,25,28). The zero-order valence-corrected chi connectivity index (χ0v) is 16.8. The molecule has 2 fully saturated rings. The van der Waals surface area contributed by atoms with Crippen molar-refractivity contribution >= 4 is 23.5 Å². The first-order valence-corrected chi connectivity index (χ1v) is 10.4. The number of nitrogens with one attached hydrogen (secondary N) is 2. The fourth-order valence-corrected chi connectivity index (χ4v) is 4.19. The van der Waals surface area contributed by atoms with Gasteiger partial charge in [-0.3, -0.25) is 24.9 Å². The summed E-state index contributed by atoms with van der Waals surface area (Å²) in [5.41, 5.74) is 4.09. The van der Waals surface area contributed by atoms with Gasteiger partial charge in [-0.1, -0.05) is 61.4 Å². The molecular weight excluding hydrogens is 380 g/mol. The van der Waals surface area contributed by atoms with E-state index in [-0.39, 0.29) is 30.8 Å². The smallest absolute Gasteiger partial charge is 0.323 e. The Hall–Kier alpha value is -3.35. The van der Waals surface area contributed by atoms with E-state index in [1.165, 1.54) is 4.90 Å². The van der Waals surface area contributed by atoms with Gasteiger partial charge in [-0.25, -0.2) is 4.79 Å². The monoisotopic (exact) mass is 406 g/mol. The summed E-state index contributed by atoms with van der Waals surface area (Å²) in [7, 11) is 0. The Morgan fingerprint density at radius 2 is 1.63 bits per heavy atom. The van der Waals surface area contributed by atoms with Crippen LogP contribution >= 0.6 is 0 Å². The fraction of sp³-hybridized carbons (Fsp3) is 0.348. The molecule has 1 aliphatic carbocycles. The second-order valence-electron chi connectivity index (χ2n) is 7.87. The topological polar surface area (TPSA) is 81.8 Å². The third kappa shape index (κ3) is 4.15. The molecule has 0 aromatic heterocycles. The van der Waals surface area contributed by atoms with Crippen LogP contribution in [0.4, 0.5) is 10.5 Å². The van der Waals surface area contributed by atoms with Crippen molar-refractivity contribution in [2.75, 3.05) is 11.6 Å². The number of rotatable bonds is 7. The lowest BCUT2D eigenvalue weighted by Gasteiger charge is -2.26. The summed E-state index contributed by atoms with van der Waals surface area (Å²) in [5.74, 6) is -0.440. The third-order valence-corrected chi connectivity index (χ3v) is 5.78. The zero-order chi connectivity index (χ0) is 21.0. The lowest BCUT2D eigenvalue weighted by atomic mass is 9.98. The summed E-state index contributed by atoms with van der Waals surface area (Å²) in [5, 5.41) is 4.63. The van der Waals surface area contributed by atoms with E-state index in [0.29, 0.717) is 19.4 Å². The molecule has 7 heteroatoms. The van der Waals surface area contributed by atoms with E-state index in [4.69, 9.17) is 0 Å². The average Bonchev–Trinajstić information content (AvgIpc) is 3.32. The van der Waals surface area contributed by atoms with Crippen LogP contribution in [0.25, 0.3) is 0 Å². The number of benzene rings is 2. The largest absolute Gasteiger partial charge is 0.325 e. The van der Waals surface area contributed by atoms with Crippen molar-refractivity contribution in [3.05, 3.63) is 66.2 Å². The number of hydrogen-bond acceptors (Lipinski definition) is 4. The zero-order valence-electron chi connectivity index (χ0n) is 16.8. The molecule has 2 N–H and O–H groups in total. The number of anilines is 1. The first-order valence-electron chi connectivity index (χ1n) is 10.4. The fourth-order valence-electron chi connectivity index (χ4n) is 4.19. The van der Waals surface area contributed by atoms with Crippen molar-refractivity contribution in [1.82, 2.24) is 15.6 Å². The van der Waals surface area contributed by atoms with Gasteiger partial charge in [0.2, 0.25) is 5.91 Å². The van der Waals surface area contributed by atoms with Gasteiger partial charge in [-0.15, -0.1) is 0 Å². The number of imide groups is 1. The minimum Gasteiger partial charge on any atom is -0.323 e. The van der Waals surface area contributed by atoms with Gasteiger partial charge in [-0.2, -0.15) is 0 Å². The highest BCUT2D eigenvalue weighted by molar-refractivity contribution is 6.07. The molecule has 2 aromatic rings. The van der Waals surface area contributed by atoms with E-state index in [0.717, 1.165) is 24.1 Å². The molecule has 156 valence electrons. The second-order valence-corrected chi connectivity index (χ2v) is 7.87. The summed E-state index contributed by atoms with van der Waals surface area (Å²) in [6, 6.07) is 19.0. The molecule has 1 saturated heterocycles. The average molecular weight is 406 g/mol. The Morgan fingerprint density at radius 3 is 2.30 bits per heavy atom. The Kier molecular flexibility index (Phi) is 5.70. The van der Waals surface area contributed by atoms with Crippen LogP contribution in [0.3, 0.4) is 0 Å². The molecule has 4 amide bonds. The number of nitrogens with zero attached hydrogens (tertiary/aromatic N) is 2. The van der Waals surface area contributed by atoms with Crippen LogP contribution in [0.1, 0.15) is 37.7 Å². The van der Waals surface area contributed by atoms with Crippen molar-refractivity contribution in [2.24, 2.45) is 0 Å². The minimum atomic E-state index is -0.739. The number of hydrazine groups is 1. The molecule has 1 heterocycles. The molecular formula is C23H26N4O3. The summed E-state index contributed by atoms with van der Waals surface area (Å²) >= 11 is 0. The van der Waals surface area contributed by atoms with Crippen molar-refractivity contribution in [2.45, 2.75) is 44.2 Å². The summed E-state index contributed by atoms with van der Waals surface area (Å²) in [6.07, 6.45) is 3.28. The Balaban J connectivity index is 1.39. The molecule has 0 unspecified atom stereocenters. The normalized spacial score (nSPS) is 17.3. The second kappa shape index (κ2) is 8.57. The van der Waals surface area contributed by atoms with E-state index < -0.39 is 5.54 Å². The molecule has 4 rings (SSSR count). The van der Waals surface area contributed by atoms with E-state index in [9.17, 15) is 14.4 Å². The highest BCUT2D eigenvalue weighted by atomic mass is 16.2. The van der Waals surface area contributed by atoms with Crippen molar-refractivity contribution in [3.8, 4) is 0 Å². The Labute approximate surface area is 176 Å². The Morgan fingerprint density at radius 1 is 1.00 bits per heavy atom. The number of para-hydroxylation sites is 1. The van der Waals surface area contributed by atoms with E-state index in [2.05, 4.69) is 10.7 Å². The number of amides is 4. The highest BCUT2D eigenvalue weighted by Crippen LogP contribution is 2.35. The molecule has 1 saturated carbocycles. The number of hydrogen-bond donors (Lipinski definition) is 2. The molecule has 30 heavy (non-hydrogen) atoms. The molecule has 7 nitrogen and oxygen atoms in total. The van der Waals surface area contributed by atoms with Gasteiger partial charge in [-0.05, 0) is 30.5 Å². The van der Waals surface area contributed by atoms with Crippen LogP contribution in [0.15, 0.2) is 60.7 Å². The predicted octanol–water partition coefficient (Wildman–Crippen LogP) is 2.98. The lowest BCUT2D eigenvalue weighted by molar-refractivity contribution is -0.131. The number of carbonyl (C=O) groups excluding carboxylic acids is 3. The van der Waals surface area contributed by atoms with Crippen LogP contribution in [-0.4, -0.2) is 34.8 Å². The van der Waals surface area contributed by atoms with Crippen molar-refractivity contribution in [1.29, 1.82) is 0 Å². The molecule has 0 atom stereocenters. The van der Waals surface area contributed by atoms with Crippen LogP contribution in [0.5, 0.6) is 0 Å². The van der Waals surface area contributed by atoms with E-state index >= 15 is 0 Å². The molecule has 1 spiro atoms. The van der Waals surface area contributed by atoms with Crippen LogP contribution in [0.2, 0.25) is 0 Å². The van der Waals surface area contributed by atoms with Crippen LogP contribution in [-0.2, 0) is 16.1 Å². The maximum absolute atomic E-state index is 12.7. The quantitative estimate of drug-likeness (QED) is 0.547. The van der Waals surface area contributed by atoms with E-state index in [1.807, 2.05) is 60.7 Å². The highest BCUT2D eigenvalue weighted by Gasteiger charge is 2.52. The van der Waals surface area contributed by atoms with Crippen LogP contribution < -0.4 is 15.8 Å². The van der Waals surface area contributed by atoms with Gasteiger partial charge in [0.25, 0.3) is 5.91 Å². The van der Waals surface area contributed by atoms with Gasteiger partial charge in [0.15, 0.2) is 0 Å². The van der Waals surface area contributed by atoms with Gasteiger partial charge >= 0.3 is 6.03 Å². The SMILES string of the molecule is O=C(CCN1C(=O)NC2(CCCC2)C1=O)NN(Cc1ccccc1)c1ccccc1. The van der Waals surface area contributed by atoms with Crippen molar-refractivity contribution in [3.63, 3.8) is 0 Å². The third-order valence-electron chi connectivity index (χ3n) is 5.78. The van der Waals surface area contributed by atoms with E-state index in [1.54, 1.807) is 5.01 Å². The van der Waals surface area contributed by atoms with Crippen molar-refractivity contribution < 1.29 is 14.4 Å². The lowest BCUT2D eigenvalue weighted by Crippen LogP contribution is -2.45. The first kappa shape index (κ1) is 19.9. The number of urea groups is 1. The number of carbonyl (C=O) groups is 3. The maximum atomic E-state index is 12.7. The summed E-state index contributed by atoms with van der Waals surface area (Å²) in [6.45, 7) is 0.578. The van der Waals surface area contributed by atoms with Gasteiger partial charge in [0.1, 0.15) is 5.54 Å². The molecule has 1 aliphatic heterocycles. The van der Waals surface area contributed by atoms with Gasteiger partial charge in [0, 0.05) is 13.0 Å². The van der Waals surface area contributed by atoms with Gasteiger partial charge in [0.05, 0.1) is 12.2 Å². The first-order chi connectivity index (χ1) is 14.6.